The van der Waals surface area contributed by atoms with Gasteiger partial charge < -0.3 is 10.5 Å². The third kappa shape index (κ3) is 3.10. The fraction of sp³-hybridized carbons (Fsp3) is 0.385. The van der Waals surface area contributed by atoms with Gasteiger partial charge >= 0.3 is 0 Å². The first-order chi connectivity index (χ1) is 7.04. The van der Waals surface area contributed by atoms with Crippen LogP contribution >= 0.6 is 0 Å². The van der Waals surface area contributed by atoms with Gasteiger partial charge in [-0.25, -0.2) is 0 Å². The Bertz CT molecular complexity index is 367. The second-order valence-corrected chi connectivity index (χ2v) is 3.91. The van der Waals surface area contributed by atoms with Crippen LogP contribution in [0.3, 0.4) is 0 Å². The highest BCUT2D eigenvalue weighted by Gasteiger charge is 2.00. The summed E-state index contributed by atoms with van der Waals surface area (Å²) in [4.78, 5) is 0. The molecule has 0 aliphatic rings. The van der Waals surface area contributed by atoms with E-state index in [0.717, 1.165) is 11.3 Å². The van der Waals surface area contributed by atoms with Gasteiger partial charge in [0.2, 0.25) is 0 Å². The molecule has 15 heavy (non-hydrogen) atoms. The Balaban J connectivity index is 2.98. The molecule has 1 rings (SSSR count). The van der Waals surface area contributed by atoms with Crippen molar-refractivity contribution in [2.45, 2.75) is 26.8 Å². The zero-order chi connectivity index (χ0) is 11.4. The summed E-state index contributed by atoms with van der Waals surface area (Å²) in [6.07, 6.45) is 2.11. The van der Waals surface area contributed by atoms with Crippen LogP contribution in [-0.4, -0.2) is 13.2 Å². The molecule has 0 bridgehead atoms. The van der Waals surface area contributed by atoms with Crippen molar-refractivity contribution in [3.8, 4) is 5.75 Å². The molecular formula is C13H19NO. The van der Waals surface area contributed by atoms with Gasteiger partial charge in [0, 0.05) is 6.04 Å². The molecule has 0 aliphatic heterocycles. The van der Waals surface area contributed by atoms with E-state index >= 15 is 0 Å². The molecule has 0 radical (unpaired) electrons. The second-order valence-electron chi connectivity index (χ2n) is 3.91. The van der Waals surface area contributed by atoms with Crippen LogP contribution in [0.5, 0.6) is 5.75 Å². The Kier molecular flexibility index (Phi) is 3.92. The summed E-state index contributed by atoms with van der Waals surface area (Å²) < 4.78 is 5.21. The van der Waals surface area contributed by atoms with Crippen LogP contribution in [-0.2, 0) is 0 Å². The average molecular weight is 205 g/mol. The van der Waals surface area contributed by atoms with Gasteiger partial charge in [0.15, 0.2) is 0 Å². The van der Waals surface area contributed by atoms with Crippen LogP contribution < -0.4 is 10.5 Å². The lowest BCUT2D eigenvalue weighted by molar-refractivity contribution is 0.411. The number of rotatable bonds is 3. The first kappa shape index (κ1) is 11.8. The van der Waals surface area contributed by atoms with E-state index in [-0.39, 0.29) is 6.04 Å². The van der Waals surface area contributed by atoms with Gasteiger partial charge in [0.25, 0.3) is 0 Å². The lowest BCUT2D eigenvalue weighted by atomic mass is 10.1. The quantitative estimate of drug-likeness (QED) is 0.823. The molecule has 82 valence electrons. The molecule has 2 heteroatoms. The van der Waals surface area contributed by atoms with Crippen molar-refractivity contribution in [1.82, 2.24) is 0 Å². The summed E-state index contributed by atoms with van der Waals surface area (Å²) in [6, 6.07) is 6.23. The van der Waals surface area contributed by atoms with E-state index in [1.165, 1.54) is 11.1 Å². The summed E-state index contributed by atoms with van der Waals surface area (Å²) in [5.41, 5.74) is 9.28. The maximum Gasteiger partial charge on any atom is 0.121 e. The Labute approximate surface area is 91.7 Å². The van der Waals surface area contributed by atoms with Crippen molar-refractivity contribution in [3.05, 3.63) is 34.9 Å². The molecule has 0 saturated heterocycles. The van der Waals surface area contributed by atoms with E-state index in [1.54, 1.807) is 7.11 Å². The highest BCUT2D eigenvalue weighted by Crippen LogP contribution is 2.20. The molecule has 0 aliphatic carbocycles. The number of nitrogens with two attached hydrogens (primary N) is 1. The highest BCUT2D eigenvalue weighted by molar-refractivity contribution is 5.56. The number of methoxy groups -OCH3 is 1. The molecule has 0 aromatic heterocycles. The SMILES string of the molecule is COc1ccc(/C=C(/C)C(C)N)cc1C. The molecular weight excluding hydrogens is 186 g/mol. The minimum absolute atomic E-state index is 0.104. The van der Waals surface area contributed by atoms with Crippen LogP contribution in [0.15, 0.2) is 23.8 Å². The van der Waals surface area contributed by atoms with Gasteiger partial charge in [0.1, 0.15) is 5.75 Å². The summed E-state index contributed by atoms with van der Waals surface area (Å²) in [6.45, 7) is 6.07. The molecule has 1 aromatic rings. The maximum atomic E-state index is 5.78. The normalized spacial score (nSPS) is 13.8. The van der Waals surface area contributed by atoms with Crippen molar-refractivity contribution in [2.75, 3.05) is 7.11 Å². The molecule has 0 spiro atoms. The van der Waals surface area contributed by atoms with Crippen molar-refractivity contribution < 1.29 is 4.74 Å². The Morgan fingerprint density at radius 1 is 1.47 bits per heavy atom. The molecule has 0 amide bonds. The monoisotopic (exact) mass is 205 g/mol. The topological polar surface area (TPSA) is 35.2 Å². The number of hydrogen-bond donors (Lipinski definition) is 1. The summed E-state index contributed by atoms with van der Waals surface area (Å²) >= 11 is 0. The summed E-state index contributed by atoms with van der Waals surface area (Å²) in [7, 11) is 1.69. The molecule has 0 saturated carbocycles. The van der Waals surface area contributed by atoms with Gasteiger partial charge in [-0.05, 0) is 44.0 Å². The minimum atomic E-state index is 0.104. The number of hydrogen-bond acceptors (Lipinski definition) is 2. The van der Waals surface area contributed by atoms with Crippen LogP contribution in [0, 0.1) is 6.92 Å². The first-order valence-electron chi connectivity index (χ1n) is 5.13. The molecule has 0 heterocycles. The van der Waals surface area contributed by atoms with Crippen molar-refractivity contribution in [2.24, 2.45) is 5.73 Å². The molecule has 2 nitrogen and oxygen atoms in total. The van der Waals surface area contributed by atoms with E-state index < -0.39 is 0 Å². The van der Waals surface area contributed by atoms with Crippen LogP contribution in [0.1, 0.15) is 25.0 Å². The van der Waals surface area contributed by atoms with E-state index in [1.807, 2.05) is 32.9 Å². The van der Waals surface area contributed by atoms with Gasteiger partial charge in [-0.15, -0.1) is 0 Å². The second kappa shape index (κ2) is 4.99. The van der Waals surface area contributed by atoms with Crippen molar-refractivity contribution >= 4 is 6.08 Å². The summed E-state index contributed by atoms with van der Waals surface area (Å²) in [5, 5.41) is 0. The largest absolute Gasteiger partial charge is 0.496 e. The average Bonchev–Trinajstić information content (AvgIpc) is 2.18. The zero-order valence-electron chi connectivity index (χ0n) is 9.87. The predicted molar refractivity (Wildman–Crippen MR) is 65.0 cm³/mol. The van der Waals surface area contributed by atoms with Crippen molar-refractivity contribution in [1.29, 1.82) is 0 Å². The van der Waals surface area contributed by atoms with Crippen LogP contribution in [0.2, 0.25) is 0 Å². The third-order valence-corrected chi connectivity index (χ3v) is 2.53. The smallest absolute Gasteiger partial charge is 0.121 e. The van der Waals surface area contributed by atoms with Crippen LogP contribution in [0.25, 0.3) is 6.08 Å². The van der Waals surface area contributed by atoms with E-state index in [4.69, 9.17) is 10.5 Å². The maximum absolute atomic E-state index is 5.78. The minimum Gasteiger partial charge on any atom is -0.496 e. The van der Waals surface area contributed by atoms with E-state index in [9.17, 15) is 0 Å². The Hall–Kier alpha value is -1.28. The fourth-order valence-corrected chi connectivity index (χ4v) is 1.39. The predicted octanol–water partition coefficient (Wildman–Crippen LogP) is 2.75. The lowest BCUT2D eigenvalue weighted by Gasteiger charge is -2.07. The van der Waals surface area contributed by atoms with Gasteiger partial charge in [-0.2, -0.15) is 0 Å². The lowest BCUT2D eigenvalue weighted by Crippen LogP contribution is -2.15. The summed E-state index contributed by atoms with van der Waals surface area (Å²) in [5.74, 6) is 0.922. The highest BCUT2D eigenvalue weighted by atomic mass is 16.5. The van der Waals surface area contributed by atoms with Crippen LogP contribution in [0.4, 0.5) is 0 Å². The number of aryl methyl sites for hydroxylation is 1. The zero-order valence-corrected chi connectivity index (χ0v) is 9.87. The van der Waals surface area contributed by atoms with Gasteiger partial charge in [0.05, 0.1) is 7.11 Å². The van der Waals surface area contributed by atoms with Crippen molar-refractivity contribution in [3.63, 3.8) is 0 Å². The molecule has 1 atom stereocenters. The van der Waals surface area contributed by atoms with Gasteiger partial charge in [-0.1, -0.05) is 17.7 Å². The number of ether oxygens (including phenoxy) is 1. The van der Waals surface area contributed by atoms with E-state index in [2.05, 4.69) is 12.1 Å². The molecule has 0 fully saturated rings. The standard InChI is InChI=1S/C13H19NO/c1-9(11(3)14)7-12-5-6-13(15-4)10(2)8-12/h5-8,11H,14H2,1-4H3/b9-7-. The molecule has 1 unspecified atom stereocenters. The van der Waals surface area contributed by atoms with Gasteiger partial charge in [-0.3, -0.25) is 0 Å². The Morgan fingerprint density at radius 3 is 2.60 bits per heavy atom. The number of benzene rings is 1. The first-order valence-corrected chi connectivity index (χ1v) is 5.13. The molecule has 1 aromatic carbocycles. The fourth-order valence-electron chi connectivity index (χ4n) is 1.39. The molecule has 2 N–H and O–H groups in total. The third-order valence-electron chi connectivity index (χ3n) is 2.53. The van der Waals surface area contributed by atoms with E-state index in [0.29, 0.717) is 0 Å². The Morgan fingerprint density at radius 2 is 2.13 bits per heavy atom.